The number of β-amino-alcohol motifs (C(OH)–C–C–N with tert-alkyl or cyclic N) is 1. The third-order valence-electron chi connectivity index (χ3n) is 3.94. The van der Waals surface area contributed by atoms with Crippen LogP contribution in [0.3, 0.4) is 0 Å². The zero-order valence-corrected chi connectivity index (χ0v) is 12.6. The molecule has 1 fully saturated rings. The first-order chi connectivity index (χ1) is 9.63. The van der Waals surface area contributed by atoms with Crippen molar-refractivity contribution in [2.75, 3.05) is 19.6 Å². The second kappa shape index (κ2) is 6.99. The monoisotopic (exact) mass is 278 g/mol. The van der Waals surface area contributed by atoms with Crippen LogP contribution in [0, 0.1) is 0 Å². The van der Waals surface area contributed by atoms with Crippen LogP contribution in [0.4, 0.5) is 0 Å². The molecular weight excluding hydrogens is 252 g/mol. The number of allylic oxidation sites excluding steroid dienone is 1. The van der Waals surface area contributed by atoms with Crippen LogP contribution in [0.2, 0.25) is 0 Å². The zero-order valence-electron chi connectivity index (χ0n) is 12.6. The van der Waals surface area contributed by atoms with Gasteiger partial charge in [0.15, 0.2) is 0 Å². The SMILES string of the molecule is CC/C=C/CCN1CCCC(O)(Cc2nncn2C)C1. The van der Waals surface area contributed by atoms with Gasteiger partial charge >= 0.3 is 0 Å². The average molecular weight is 278 g/mol. The quantitative estimate of drug-likeness (QED) is 0.802. The maximum absolute atomic E-state index is 10.8. The van der Waals surface area contributed by atoms with E-state index >= 15 is 0 Å². The minimum atomic E-state index is -0.659. The lowest BCUT2D eigenvalue weighted by Gasteiger charge is -2.39. The third kappa shape index (κ3) is 4.15. The molecule has 1 aromatic rings. The van der Waals surface area contributed by atoms with Crippen LogP contribution < -0.4 is 0 Å². The third-order valence-corrected chi connectivity index (χ3v) is 3.94. The van der Waals surface area contributed by atoms with Gasteiger partial charge in [0.2, 0.25) is 0 Å². The molecule has 1 saturated heterocycles. The van der Waals surface area contributed by atoms with E-state index in [4.69, 9.17) is 0 Å². The topological polar surface area (TPSA) is 54.2 Å². The molecule has 0 radical (unpaired) electrons. The van der Waals surface area contributed by atoms with E-state index in [1.807, 2.05) is 11.6 Å². The Morgan fingerprint density at radius 1 is 1.45 bits per heavy atom. The fourth-order valence-electron chi connectivity index (χ4n) is 2.84. The summed E-state index contributed by atoms with van der Waals surface area (Å²) < 4.78 is 1.89. The van der Waals surface area contributed by atoms with Crippen LogP contribution in [0.5, 0.6) is 0 Å². The van der Waals surface area contributed by atoms with Crippen LogP contribution in [-0.2, 0) is 13.5 Å². The first-order valence-corrected chi connectivity index (χ1v) is 7.55. The van der Waals surface area contributed by atoms with Crippen LogP contribution in [0.25, 0.3) is 0 Å². The van der Waals surface area contributed by atoms with Gasteiger partial charge in [-0.2, -0.15) is 0 Å². The highest BCUT2D eigenvalue weighted by atomic mass is 16.3. The predicted octanol–water partition coefficient (Wildman–Crippen LogP) is 1.54. The molecule has 5 nitrogen and oxygen atoms in total. The molecule has 1 aliphatic heterocycles. The fraction of sp³-hybridized carbons (Fsp3) is 0.733. The second-order valence-electron chi connectivity index (χ2n) is 5.81. The molecule has 1 aromatic heterocycles. The molecule has 5 heteroatoms. The molecule has 1 aliphatic rings. The number of likely N-dealkylation sites (tertiary alicyclic amines) is 1. The number of aryl methyl sites for hydroxylation is 1. The van der Waals surface area contributed by atoms with Gasteiger partial charge in [-0.15, -0.1) is 10.2 Å². The van der Waals surface area contributed by atoms with E-state index in [1.54, 1.807) is 6.33 Å². The van der Waals surface area contributed by atoms with Crippen molar-refractivity contribution in [2.24, 2.45) is 7.05 Å². The van der Waals surface area contributed by atoms with E-state index in [2.05, 4.69) is 34.2 Å². The van der Waals surface area contributed by atoms with Crippen LogP contribution in [0.1, 0.15) is 38.4 Å². The minimum absolute atomic E-state index is 0.588. The van der Waals surface area contributed by atoms with E-state index in [-0.39, 0.29) is 0 Å². The van der Waals surface area contributed by atoms with Crippen molar-refractivity contribution >= 4 is 0 Å². The average Bonchev–Trinajstić information content (AvgIpc) is 2.80. The lowest BCUT2D eigenvalue weighted by Crippen LogP contribution is -2.49. The number of nitrogens with zero attached hydrogens (tertiary/aromatic N) is 4. The first kappa shape index (κ1) is 15.2. The normalized spacial score (nSPS) is 24.6. The summed E-state index contributed by atoms with van der Waals surface area (Å²) in [4.78, 5) is 2.36. The molecule has 112 valence electrons. The van der Waals surface area contributed by atoms with Gasteiger partial charge in [0.05, 0.1) is 5.60 Å². The van der Waals surface area contributed by atoms with Crippen LogP contribution in [0.15, 0.2) is 18.5 Å². The summed E-state index contributed by atoms with van der Waals surface area (Å²) >= 11 is 0. The number of rotatable bonds is 6. The zero-order chi connectivity index (χ0) is 14.4. The molecule has 1 atom stereocenters. The number of aromatic nitrogens is 3. The highest BCUT2D eigenvalue weighted by molar-refractivity contribution is 4.98. The highest BCUT2D eigenvalue weighted by Crippen LogP contribution is 2.24. The Kier molecular flexibility index (Phi) is 5.31. The summed E-state index contributed by atoms with van der Waals surface area (Å²) in [6.07, 6.45) is 10.8. The molecule has 20 heavy (non-hydrogen) atoms. The van der Waals surface area contributed by atoms with Gasteiger partial charge in [0, 0.05) is 26.6 Å². The number of aliphatic hydroxyl groups is 1. The van der Waals surface area contributed by atoms with Gasteiger partial charge < -0.3 is 14.6 Å². The van der Waals surface area contributed by atoms with Crippen molar-refractivity contribution < 1.29 is 5.11 Å². The summed E-state index contributed by atoms with van der Waals surface area (Å²) in [5.41, 5.74) is -0.659. The Bertz CT molecular complexity index is 443. The van der Waals surface area contributed by atoms with E-state index in [1.165, 1.54) is 0 Å². The van der Waals surface area contributed by atoms with E-state index in [0.29, 0.717) is 6.42 Å². The number of hydrogen-bond donors (Lipinski definition) is 1. The molecule has 0 bridgehead atoms. The van der Waals surface area contributed by atoms with Crippen molar-refractivity contribution in [3.63, 3.8) is 0 Å². The summed E-state index contributed by atoms with van der Waals surface area (Å²) in [5, 5.41) is 18.8. The Morgan fingerprint density at radius 3 is 3.00 bits per heavy atom. The van der Waals surface area contributed by atoms with Gasteiger partial charge in [-0.3, -0.25) is 0 Å². The van der Waals surface area contributed by atoms with Crippen LogP contribution in [-0.4, -0.2) is 50.0 Å². The Balaban J connectivity index is 1.88. The Morgan fingerprint density at radius 2 is 2.30 bits per heavy atom. The van der Waals surface area contributed by atoms with Crippen molar-refractivity contribution in [2.45, 2.75) is 44.6 Å². The van der Waals surface area contributed by atoms with Gasteiger partial charge in [0.25, 0.3) is 0 Å². The molecule has 0 amide bonds. The maximum Gasteiger partial charge on any atom is 0.135 e. The lowest BCUT2D eigenvalue weighted by molar-refractivity contribution is -0.0314. The summed E-state index contributed by atoms with van der Waals surface area (Å²) in [6.45, 7) is 5.00. The predicted molar refractivity (Wildman–Crippen MR) is 79.4 cm³/mol. The highest BCUT2D eigenvalue weighted by Gasteiger charge is 2.34. The Hall–Kier alpha value is -1.20. The van der Waals surface area contributed by atoms with Crippen molar-refractivity contribution in [1.82, 2.24) is 19.7 Å². The largest absolute Gasteiger partial charge is 0.388 e. The molecule has 2 rings (SSSR count). The molecule has 0 spiro atoms. The fourth-order valence-corrected chi connectivity index (χ4v) is 2.84. The van der Waals surface area contributed by atoms with Crippen molar-refractivity contribution in [3.8, 4) is 0 Å². The van der Waals surface area contributed by atoms with Crippen molar-refractivity contribution in [1.29, 1.82) is 0 Å². The van der Waals surface area contributed by atoms with Gasteiger partial charge in [-0.05, 0) is 32.2 Å². The van der Waals surface area contributed by atoms with Crippen molar-refractivity contribution in [3.05, 3.63) is 24.3 Å². The molecule has 1 N–H and O–H groups in total. The lowest BCUT2D eigenvalue weighted by atomic mass is 9.89. The van der Waals surface area contributed by atoms with E-state index in [0.717, 1.165) is 51.1 Å². The molecule has 0 aliphatic carbocycles. The van der Waals surface area contributed by atoms with Gasteiger partial charge in [-0.1, -0.05) is 19.1 Å². The van der Waals surface area contributed by atoms with E-state index in [9.17, 15) is 5.11 Å². The number of hydrogen-bond acceptors (Lipinski definition) is 4. The molecular formula is C15H26N4O. The molecule has 1 unspecified atom stereocenters. The first-order valence-electron chi connectivity index (χ1n) is 7.55. The smallest absolute Gasteiger partial charge is 0.135 e. The summed E-state index contributed by atoms with van der Waals surface area (Å²) in [7, 11) is 1.93. The standard InChI is InChI=1S/C15H26N4O/c1-3-4-5-6-9-19-10-7-8-15(20,12-19)11-14-17-16-13-18(14)2/h4-5,13,20H,3,6-12H2,1-2H3/b5-4+. The minimum Gasteiger partial charge on any atom is -0.388 e. The van der Waals surface area contributed by atoms with Crippen LogP contribution >= 0.6 is 0 Å². The Labute approximate surface area is 121 Å². The van der Waals surface area contributed by atoms with Gasteiger partial charge in [0.1, 0.15) is 12.2 Å². The molecule has 2 heterocycles. The summed E-state index contributed by atoms with van der Waals surface area (Å²) in [5.74, 6) is 0.861. The summed E-state index contributed by atoms with van der Waals surface area (Å²) in [6, 6.07) is 0. The second-order valence-corrected chi connectivity index (χ2v) is 5.81. The van der Waals surface area contributed by atoms with Gasteiger partial charge in [-0.25, -0.2) is 0 Å². The maximum atomic E-state index is 10.8. The molecule has 0 saturated carbocycles. The van der Waals surface area contributed by atoms with E-state index < -0.39 is 5.60 Å². The molecule has 0 aromatic carbocycles. The number of piperidine rings is 1.